The highest BCUT2D eigenvalue weighted by Gasteiger charge is 2.01. The summed E-state index contributed by atoms with van der Waals surface area (Å²) >= 11 is 0. The lowest BCUT2D eigenvalue weighted by Crippen LogP contribution is -2.09. The van der Waals surface area contributed by atoms with E-state index in [1.165, 1.54) is 6.07 Å². The summed E-state index contributed by atoms with van der Waals surface area (Å²) in [5.74, 6) is 0.694. The van der Waals surface area contributed by atoms with Crippen molar-refractivity contribution in [3.63, 3.8) is 0 Å². The van der Waals surface area contributed by atoms with Crippen LogP contribution in [0.3, 0.4) is 0 Å². The molecular weight excluding hydrogens is 219 g/mol. The number of anilines is 1. The Kier molecular flexibility index (Phi) is 3.37. The molecule has 17 heavy (non-hydrogen) atoms. The molecule has 0 bridgehead atoms. The van der Waals surface area contributed by atoms with E-state index < -0.39 is 0 Å². The summed E-state index contributed by atoms with van der Waals surface area (Å²) in [7, 11) is 1.83. The maximum atomic E-state index is 12.9. The highest BCUT2D eigenvalue weighted by Crippen LogP contribution is 2.11. The molecule has 1 heterocycles. The van der Waals surface area contributed by atoms with E-state index in [2.05, 4.69) is 15.6 Å². The molecule has 0 atom stereocenters. The molecule has 1 N–H and O–H groups in total. The molecule has 0 amide bonds. The Hall–Kier alpha value is -1.91. The minimum absolute atomic E-state index is 0.185. The molecule has 5 heteroatoms. The van der Waals surface area contributed by atoms with Gasteiger partial charge in [-0.3, -0.25) is 0 Å². The molecule has 0 aliphatic rings. The molecule has 1 aromatic carbocycles. The Balaban J connectivity index is 1.92. The number of rotatable bonds is 4. The van der Waals surface area contributed by atoms with Crippen LogP contribution in [-0.2, 0) is 13.5 Å². The van der Waals surface area contributed by atoms with Crippen LogP contribution >= 0.6 is 0 Å². The SMILES string of the molecule is Cc1cc(F)ccc1CCNc1cnnn1C. The number of nitrogens with zero attached hydrogens (tertiary/aromatic N) is 3. The zero-order chi connectivity index (χ0) is 12.3. The average Bonchev–Trinajstić information content (AvgIpc) is 2.68. The first-order valence-electron chi connectivity index (χ1n) is 5.50. The first-order valence-corrected chi connectivity index (χ1v) is 5.50. The van der Waals surface area contributed by atoms with Gasteiger partial charge in [0.1, 0.15) is 11.6 Å². The van der Waals surface area contributed by atoms with Crippen LogP contribution in [0, 0.1) is 12.7 Å². The number of hydrogen-bond acceptors (Lipinski definition) is 3. The van der Waals surface area contributed by atoms with Gasteiger partial charge in [0.15, 0.2) is 0 Å². The van der Waals surface area contributed by atoms with Crippen LogP contribution in [0.25, 0.3) is 0 Å². The standard InChI is InChI=1S/C12H15FN4/c1-9-7-11(13)4-3-10(9)5-6-14-12-8-15-16-17(12)2/h3-4,7-8,14H,5-6H2,1-2H3. The summed E-state index contributed by atoms with van der Waals surface area (Å²) in [6, 6.07) is 4.88. The van der Waals surface area contributed by atoms with Crippen LogP contribution in [0.15, 0.2) is 24.4 Å². The first kappa shape index (κ1) is 11.6. The highest BCUT2D eigenvalue weighted by atomic mass is 19.1. The van der Waals surface area contributed by atoms with Crippen molar-refractivity contribution in [1.29, 1.82) is 0 Å². The number of aromatic nitrogens is 3. The molecule has 0 aliphatic carbocycles. The molecule has 90 valence electrons. The van der Waals surface area contributed by atoms with E-state index in [0.717, 1.165) is 29.9 Å². The second kappa shape index (κ2) is 4.95. The van der Waals surface area contributed by atoms with Crippen molar-refractivity contribution in [2.45, 2.75) is 13.3 Å². The summed E-state index contributed by atoms with van der Waals surface area (Å²) < 4.78 is 14.6. The van der Waals surface area contributed by atoms with Crippen LogP contribution in [0.4, 0.5) is 10.2 Å². The van der Waals surface area contributed by atoms with Crippen molar-refractivity contribution >= 4 is 5.82 Å². The van der Waals surface area contributed by atoms with Crippen LogP contribution in [0.1, 0.15) is 11.1 Å². The zero-order valence-electron chi connectivity index (χ0n) is 9.94. The third-order valence-corrected chi connectivity index (χ3v) is 2.72. The summed E-state index contributed by atoms with van der Waals surface area (Å²) in [4.78, 5) is 0. The minimum atomic E-state index is -0.185. The van der Waals surface area contributed by atoms with E-state index in [1.54, 1.807) is 16.9 Å². The van der Waals surface area contributed by atoms with Crippen molar-refractivity contribution in [3.05, 3.63) is 41.3 Å². The van der Waals surface area contributed by atoms with Crippen molar-refractivity contribution in [2.75, 3.05) is 11.9 Å². The van der Waals surface area contributed by atoms with Gasteiger partial charge < -0.3 is 5.32 Å². The van der Waals surface area contributed by atoms with Gasteiger partial charge in [-0.2, -0.15) is 0 Å². The number of nitrogens with one attached hydrogen (secondary N) is 1. The number of halogens is 1. The fourth-order valence-electron chi connectivity index (χ4n) is 1.71. The van der Waals surface area contributed by atoms with Crippen LogP contribution < -0.4 is 5.32 Å². The van der Waals surface area contributed by atoms with Gasteiger partial charge in [-0.25, -0.2) is 9.07 Å². The van der Waals surface area contributed by atoms with Gasteiger partial charge in [0.25, 0.3) is 0 Å². The summed E-state index contributed by atoms with van der Waals surface area (Å²) in [5, 5.41) is 10.8. The highest BCUT2D eigenvalue weighted by molar-refractivity contribution is 5.32. The van der Waals surface area contributed by atoms with Crippen molar-refractivity contribution in [3.8, 4) is 0 Å². The van der Waals surface area contributed by atoms with Crippen molar-refractivity contribution in [2.24, 2.45) is 7.05 Å². The van der Waals surface area contributed by atoms with E-state index in [0.29, 0.717) is 0 Å². The Morgan fingerprint density at radius 1 is 1.41 bits per heavy atom. The van der Waals surface area contributed by atoms with E-state index in [-0.39, 0.29) is 5.82 Å². The van der Waals surface area contributed by atoms with Gasteiger partial charge in [0, 0.05) is 13.6 Å². The normalized spacial score (nSPS) is 10.5. The van der Waals surface area contributed by atoms with Gasteiger partial charge in [0.05, 0.1) is 6.20 Å². The first-order chi connectivity index (χ1) is 8.16. The van der Waals surface area contributed by atoms with Crippen LogP contribution in [-0.4, -0.2) is 21.5 Å². The fourth-order valence-corrected chi connectivity index (χ4v) is 1.71. The van der Waals surface area contributed by atoms with Gasteiger partial charge >= 0.3 is 0 Å². The summed E-state index contributed by atoms with van der Waals surface area (Å²) in [6.07, 6.45) is 2.52. The maximum Gasteiger partial charge on any atom is 0.144 e. The van der Waals surface area contributed by atoms with Gasteiger partial charge in [-0.05, 0) is 36.6 Å². The lowest BCUT2D eigenvalue weighted by atomic mass is 10.1. The molecule has 0 spiro atoms. The molecule has 0 radical (unpaired) electrons. The predicted octanol–water partition coefficient (Wildman–Crippen LogP) is 1.92. The topological polar surface area (TPSA) is 42.7 Å². The number of aryl methyl sites for hydroxylation is 2. The fraction of sp³-hybridized carbons (Fsp3) is 0.333. The lowest BCUT2D eigenvalue weighted by Gasteiger charge is -2.08. The van der Waals surface area contributed by atoms with E-state index >= 15 is 0 Å². The average molecular weight is 234 g/mol. The molecule has 2 aromatic rings. The lowest BCUT2D eigenvalue weighted by molar-refractivity contribution is 0.625. The quantitative estimate of drug-likeness (QED) is 0.878. The molecule has 0 aliphatic heterocycles. The van der Waals surface area contributed by atoms with Gasteiger partial charge in [-0.15, -0.1) is 5.10 Å². The van der Waals surface area contributed by atoms with Crippen LogP contribution in [0.5, 0.6) is 0 Å². The van der Waals surface area contributed by atoms with E-state index in [1.807, 2.05) is 20.0 Å². The molecule has 0 saturated heterocycles. The molecule has 1 aromatic heterocycles. The largest absolute Gasteiger partial charge is 0.369 e. The molecule has 2 rings (SSSR count). The predicted molar refractivity (Wildman–Crippen MR) is 64.3 cm³/mol. The Morgan fingerprint density at radius 2 is 2.24 bits per heavy atom. The maximum absolute atomic E-state index is 12.9. The van der Waals surface area contributed by atoms with Crippen molar-refractivity contribution in [1.82, 2.24) is 15.0 Å². The third-order valence-electron chi connectivity index (χ3n) is 2.72. The van der Waals surface area contributed by atoms with Gasteiger partial charge in [-0.1, -0.05) is 11.3 Å². The molecule has 0 saturated carbocycles. The summed E-state index contributed by atoms with van der Waals surface area (Å²) in [5.41, 5.74) is 2.13. The smallest absolute Gasteiger partial charge is 0.144 e. The molecule has 0 fully saturated rings. The Labute approximate surface area is 99.5 Å². The Bertz CT molecular complexity index is 507. The second-order valence-electron chi connectivity index (χ2n) is 3.99. The molecule has 4 nitrogen and oxygen atoms in total. The third kappa shape index (κ3) is 2.81. The van der Waals surface area contributed by atoms with Crippen molar-refractivity contribution < 1.29 is 4.39 Å². The molecule has 0 unspecified atom stereocenters. The van der Waals surface area contributed by atoms with E-state index in [4.69, 9.17) is 0 Å². The second-order valence-corrected chi connectivity index (χ2v) is 3.99. The Morgan fingerprint density at radius 3 is 2.88 bits per heavy atom. The number of benzene rings is 1. The minimum Gasteiger partial charge on any atom is -0.369 e. The van der Waals surface area contributed by atoms with E-state index in [9.17, 15) is 4.39 Å². The van der Waals surface area contributed by atoms with Gasteiger partial charge in [0.2, 0.25) is 0 Å². The van der Waals surface area contributed by atoms with Crippen LogP contribution in [0.2, 0.25) is 0 Å². The zero-order valence-corrected chi connectivity index (χ0v) is 9.94. The summed E-state index contributed by atoms with van der Waals surface area (Å²) in [6.45, 7) is 2.69. The number of hydrogen-bond donors (Lipinski definition) is 1. The molecular formula is C12H15FN4. The monoisotopic (exact) mass is 234 g/mol.